The standard InChI is InChI=1S/C16H12/c1-3-7-13-11-12-14-9-5-6-10-16(14)15(13)8-4-2/h5-12H,1-2H2. The molecule has 0 radical (unpaired) electrons. The molecular formula is C16H12. The molecule has 0 nitrogen and oxygen atoms in total. The molecule has 0 aromatic heterocycles. The van der Waals surface area contributed by atoms with Crippen LogP contribution < -0.4 is 0 Å². The van der Waals surface area contributed by atoms with Gasteiger partial charge in [-0.25, -0.2) is 0 Å². The van der Waals surface area contributed by atoms with Crippen LogP contribution in [0.3, 0.4) is 0 Å². The summed E-state index contributed by atoms with van der Waals surface area (Å²) in [7, 11) is 0. The summed E-state index contributed by atoms with van der Waals surface area (Å²) in [4.78, 5) is 0. The van der Waals surface area contributed by atoms with Crippen LogP contribution in [0.25, 0.3) is 22.9 Å². The molecule has 0 heterocycles. The lowest BCUT2D eigenvalue weighted by Crippen LogP contribution is -1.83. The number of hydrogen-bond donors (Lipinski definition) is 0. The smallest absolute Gasteiger partial charge is 0.00222 e. The van der Waals surface area contributed by atoms with E-state index in [9.17, 15) is 0 Å². The Morgan fingerprint density at radius 3 is 2.38 bits per heavy atom. The van der Waals surface area contributed by atoms with E-state index in [-0.39, 0.29) is 0 Å². The molecule has 0 amide bonds. The van der Waals surface area contributed by atoms with Crippen molar-refractivity contribution in [3.8, 4) is 0 Å². The lowest BCUT2D eigenvalue weighted by Gasteiger charge is -2.05. The van der Waals surface area contributed by atoms with Gasteiger partial charge in [0.25, 0.3) is 0 Å². The van der Waals surface area contributed by atoms with E-state index in [4.69, 9.17) is 0 Å². The SMILES string of the molecule is C=C=Cc1ccc2ccccc2c1C=C=C. The summed E-state index contributed by atoms with van der Waals surface area (Å²) in [5.41, 5.74) is 7.84. The van der Waals surface area contributed by atoms with E-state index < -0.39 is 0 Å². The van der Waals surface area contributed by atoms with Crippen LogP contribution in [-0.4, -0.2) is 0 Å². The van der Waals surface area contributed by atoms with Crippen LogP contribution in [0.2, 0.25) is 0 Å². The Morgan fingerprint density at radius 2 is 1.62 bits per heavy atom. The van der Waals surface area contributed by atoms with Crippen LogP contribution in [0.1, 0.15) is 11.1 Å². The van der Waals surface area contributed by atoms with Gasteiger partial charge in [-0.05, 0) is 34.1 Å². The maximum atomic E-state index is 3.63. The van der Waals surface area contributed by atoms with E-state index in [0.717, 1.165) is 11.1 Å². The van der Waals surface area contributed by atoms with Crippen molar-refractivity contribution in [3.63, 3.8) is 0 Å². The van der Waals surface area contributed by atoms with Gasteiger partial charge in [-0.2, -0.15) is 0 Å². The maximum Gasteiger partial charge on any atom is -0.00222 e. The fourth-order valence-corrected chi connectivity index (χ4v) is 1.81. The van der Waals surface area contributed by atoms with Gasteiger partial charge in [-0.15, -0.1) is 11.5 Å². The summed E-state index contributed by atoms with van der Waals surface area (Å²) in [5, 5.41) is 2.41. The molecule has 0 saturated carbocycles. The highest BCUT2D eigenvalue weighted by Gasteiger charge is 2.01. The first-order chi connectivity index (χ1) is 7.86. The summed E-state index contributed by atoms with van der Waals surface area (Å²) in [5.74, 6) is 0. The first-order valence-corrected chi connectivity index (χ1v) is 5.10. The van der Waals surface area contributed by atoms with Gasteiger partial charge in [0, 0.05) is 0 Å². The Hall–Kier alpha value is -2.26. The second kappa shape index (κ2) is 4.51. The lowest BCUT2D eigenvalue weighted by molar-refractivity contribution is 1.67. The van der Waals surface area contributed by atoms with Gasteiger partial charge in [0.2, 0.25) is 0 Å². The zero-order valence-corrected chi connectivity index (χ0v) is 9.03. The predicted molar refractivity (Wildman–Crippen MR) is 71.2 cm³/mol. The molecule has 0 aliphatic heterocycles. The molecule has 16 heavy (non-hydrogen) atoms. The van der Waals surface area contributed by atoms with Gasteiger partial charge >= 0.3 is 0 Å². The van der Waals surface area contributed by atoms with Crippen LogP contribution in [-0.2, 0) is 0 Å². The minimum Gasteiger partial charge on any atom is -0.128 e. The molecular weight excluding hydrogens is 192 g/mol. The van der Waals surface area contributed by atoms with E-state index in [1.165, 1.54) is 10.8 Å². The first kappa shape index (κ1) is 10.3. The fourth-order valence-electron chi connectivity index (χ4n) is 1.81. The van der Waals surface area contributed by atoms with E-state index in [1.807, 2.05) is 24.3 Å². The third-order valence-electron chi connectivity index (χ3n) is 2.51. The van der Waals surface area contributed by atoms with E-state index >= 15 is 0 Å². The maximum absolute atomic E-state index is 3.63. The molecule has 2 aromatic carbocycles. The molecule has 76 valence electrons. The van der Waals surface area contributed by atoms with Gasteiger partial charge in [0.05, 0.1) is 0 Å². The molecule has 0 aliphatic rings. The third kappa shape index (κ3) is 1.76. The summed E-state index contributed by atoms with van der Waals surface area (Å²) in [6.07, 6.45) is 3.76. The molecule has 0 heteroatoms. The number of rotatable bonds is 2. The molecule has 0 atom stereocenters. The minimum absolute atomic E-state index is 1.09. The largest absolute Gasteiger partial charge is 0.128 e. The number of fused-ring (bicyclic) bond motifs is 1. The second-order valence-electron chi connectivity index (χ2n) is 3.49. The Bertz CT molecular complexity index is 620. The lowest BCUT2D eigenvalue weighted by atomic mass is 9.99. The number of hydrogen-bond acceptors (Lipinski definition) is 0. The zero-order chi connectivity index (χ0) is 11.4. The van der Waals surface area contributed by atoms with Crippen molar-refractivity contribution in [3.05, 3.63) is 72.1 Å². The molecule has 2 rings (SSSR count). The predicted octanol–water partition coefficient (Wildman–Crippen LogP) is 4.44. The van der Waals surface area contributed by atoms with Crippen LogP contribution in [0.15, 0.2) is 61.0 Å². The zero-order valence-electron chi connectivity index (χ0n) is 9.03. The van der Waals surface area contributed by atoms with Gasteiger partial charge in [-0.1, -0.05) is 49.6 Å². The monoisotopic (exact) mass is 204 g/mol. The minimum atomic E-state index is 1.09. The van der Waals surface area contributed by atoms with Crippen molar-refractivity contribution in [1.82, 2.24) is 0 Å². The van der Waals surface area contributed by atoms with Gasteiger partial charge in [-0.3, -0.25) is 0 Å². The van der Waals surface area contributed by atoms with Gasteiger partial charge < -0.3 is 0 Å². The Balaban J connectivity index is 2.88. The molecule has 0 bridgehead atoms. The van der Waals surface area contributed by atoms with Crippen LogP contribution in [0.5, 0.6) is 0 Å². The Morgan fingerprint density at radius 1 is 0.875 bits per heavy atom. The van der Waals surface area contributed by atoms with Crippen molar-refractivity contribution in [2.24, 2.45) is 0 Å². The summed E-state index contributed by atoms with van der Waals surface area (Å²) < 4.78 is 0. The first-order valence-electron chi connectivity index (χ1n) is 5.10. The summed E-state index contributed by atoms with van der Waals surface area (Å²) >= 11 is 0. The molecule has 0 spiro atoms. The van der Waals surface area contributed by atoms with Crippen molar-refractivity contribution in [2.45, 2.75) is 0 Å². The van der Waals surface area contributed by atoms with E-state index in [2.05, 4.69) is 48.9 Å². The highest BCUT2D eigenvalue weighted by atomic mass is 14.0. The number of benzene rings is 2. The van der Waals surface area contributed by atoms with Gasteiger partial charge in [0.1, 0.15) is 0 Å². The van der Waals surface area contributed by atoms with Crippen molar-refractivity contribution >= 4 is 22.9 Å². The molecule has 0 unspecified atom stereocenters. The van der Waals surface area contributed by atoms with E-state index in [0.29, 0.717) is 0 Å². The van der Waals surface area contributed by atoms with Crippen molar-refractivity contribution in [1.29, 1.82) is 0 Å². The highest BCUT2D eigenvalue weighted by molar-refractivity contribution is 5.93. The summed E-state index contributed by atoms with van der Waals surface area (Å²) in [6.45, 7) is 7.24. The van der Waals surface area contributed by atoms with Crippen molar-refractivity contribution in [2.75, 3.05) is 0 Å². The topological polar surface area (TPSA) is 0 Å². The highest BCUT2D eigenvalue weighted by Crippen LogP contribution is 2.24. The van der Waals surface area contributed by atoms with Crippen LogP contribution >= 0.6 is 0 Å². The van der Waals surface area contributed by atoms with Crippen molar-refractivity contribution < 1.29 is 0 Å². The molecule has 2 aromatic rings. The van der Waals surface area contributed by atoms with Crippen LogP contribution in [0, 0.1) is 0 Å². The molecule has 0 saturated heterocycles. The molecule has 0 fully saturated rings. The van der Waals surface area contributed by atoms with Gasteiger partial charge in [0.15, 0.2) is 0 Å². The molecule has 0 N–H and O–H groups in total. The van der Waals surface area contributed by atoms with E-state index in [1.54, 1.807) is 0 Å². The average Bonchev–Trinajstić information content (AvgIpc) is 2.32. The fraction of sp³-hybridized carbons (Fsp3) is 0. The summed E-state index contributed by atoms with van der Waals surface area (Å²) in [6, 6.07) is 12.4. The molecule has 0 aliphatic carbocycles. The normalized spacial score (nSPS) is 9.25. The Labute approximate surface area is 95.5 Å². The Kier molecular flexibility index (Phi) is 2.89. The third-order valence-corrected chi connectivity index (χ3v) is 2.51. The average molecular weight is 204 g/mol. The second-order valence-corrected chi connectivity index (χ2v) is 3.49. The van der Waals surface area contributed by atoms with Crippen LogP contribution in [0.4, 0.5) is 0 Å². The quantitative estimate of drug-likeness (QED) is 0.634.